The molecule has 0 bridgehead atoms. The fourth-order valence-corrected chi connectivity index (χ4v) is 2.39. The van der Waals surface area contributed by atoms with Crippen molar-refractivity contribution in [2.45, 2.75) is 13.3 Å². The van der Waals surface area contributed by atoms with Crippen molar-refractivity contribution in [3.63, 3.8) is 0 Å². The van der Waals surface area contributed by atoms with Crippen molar-refractivity contribution in [2.24, 2.45) is 0 Å². The molecule has 3 nitrogen and oxygen atoms in total. The first-order chi connectivity index (χ1) is 9.15. The van der Waals surface area contributed by atoms with E-state index in [1.165, 1.54) is 0 Å². The average Bonchev–Trinajstić information content (AvgIpc) is 2.35. The first kappa shape index (κ1) is 16.9. The first-order valence-electron chi connectivity index (χ1n) is 6.21. The summed E-state index contributed by atoms with van der Waals surface area (Å²) >= 11 is 17.8. The largest absolute Gasteiger partial charge is 0.489 e. The Hall–Kier alpha value is -0.190. The van der Waals surface area contributed by atoms with Gasteiger partial charge in [-0.1, -0.05) is 34.8 Å². The smallest absolute Gasteiger partial charge is 0.156 e. The molecule has 0 aliphatic carbocycles. The van der Waals surface area contributed by atoms with Crippen molar-refractivity contribution < 1.29 is 9.47 Å². The standard InChI is InChI=1S/C13H18Cl3NO2/c1-2-18-6-3-4-17-5-7-19-13-11(15)8-10(14)9-12(13)16/h8-9,17H,2-7H2,1H3. The summed E-state index contributed by atoms with van der Waals surface area (Å²) in [6.07, 6.45) is 0.982. The third-order valence-corrected chi connectivity index (χ3v) is 3.11. The summed E-state index contributed by atoms with van der Waals surface area (Å²) in [5, 5.41) is 4.59. The molecule has 0 fully saturated rings. The molecular formula is C13H18Cl3NO2. The van der Waals surface area contributed by atoms with Crippen LogP contribution in [-0.4, -0.2) is 32.9 Å². The molecule has 0 heterocycles. The Balaban J connectivity index is 2.19. The molecule has 6 heteroatoms. The maximum atomic E-state index is 6.00. The van der Waals surface area contributed by atoms with E-state index < -0.39 is 0 Å². The van der Waals surface area contributed by atoms with Gasteiger partial charge in [0.25, 0.3) is 0 Å². The summed E-state index contributed by atoms with van der Waals surface area (Å²) in [7, 11) is 0. The molecule has 0 aromatic heterocycles. The lowest BCUT2D eigenvalue weighted by atomic mass is 10.3. The Bertz CT molecular complexity index is 365. The lowest BCUT2D eigenvalue weighted by Crippen LogP contribution is -2.23. The third-order valence-electron chi connectivity index (χ3n) is 2.33. The van der Waals surface area contributed by atoms with Crippen LogP contribution in [0.15, 0.2) is 12.1 Å². The zero-order valence-corrected chi connectivity index (χ0v) is 13.1. The highest BCUT2D eigenvalue weighted by atomic mass is 35.5. The van der Waals surface area contributed by atoms with Crippen LogP contribution in [0.25, 0.3) is 0 Å². The fraction of sp³-hybridized carbons (Fsp3) is 0.538. The SMILES string of the molecule is CCOCCCNCCOc1c(Cl)cc(Cl)cc1Cl. The highest BCUT2D eigenvalue weighted by Gasteiger charge is 2.08. The van der Waals surface area contributed by atoms with Crippen molar-refractivity contribution in [1.29, 1.82) is 0 Å². The number of halogens is 3. The van der Waals surface area contributed by atoms with Gasteiger partial charge in [-0.15, -0.1) is 0 Å². The second-order valence-corrected chi connectivity index (χ2v) is 5.10. The summed E-state index contributed by atoms with van der Waals surface area (Å²) in [4.78, 5) is 0. The van der Waals surface area contributed by atoms with Gasteiger partial charge in [0.15, 0.2) is 5.75 Å². The predicted octanol–water partition coefficient (Wildman–Crippen LogP) is 4.04. The molecule has 0 unspecified atom stereocenters. The number of nitrogens with one attached hydrogen (secondary N) is 1. The van der Waals surface area contributed by atoms with Crippen LogP contribution in [0.2, 0.25) is 15.1 Å². The van der Waals surface area contributed by atoms with Crippen LogP contribution in [-0.2, 0) is 4.74 Å². The molecule has 0 saturated heterocycles. The molecule has 0 atom stereocenters. The Labute approximate surface area is 129 Å². The Morgan fingerprint density at radius 2 is 1.74 bits per heavy atom. The van der Waals surface area contributed by atoms with Gasteiger partial charge in [0.2, 0.25) is 0 Å². The topological polar surface area (TPSA) is 30.5 Å². The van der Waals surface area contributed by atoms with Crippen LogP contribution >= 0.6 is 34.8 Å². The lowest BCUT2D eigenvalue weighted by Gasteiger charge is -2.11. The average molecular weight is 327 g/mol. The quantitative estimate of drug-likeness (QED) is 0.695. The second-order valence-electron chi connectivity index (χ2n) is 3.85. The van der Waals surface area contributed by atoms with Crippen molar-refractivity contribution in [3.8, 4) is 5.75 Å². The van der Waals surface area contributed by atoms with Gasteiger partial charge >= 0.3 is 0 Å². The zero-order chi connectivity index (χ0) is 14.1. The van der Waals surface area contributed by atoms with E-state index in [2.05, 4.69) is 5.32 Å². The van der Waals surface area contributed by atoms with Crippen LogP contribution in [0.3, 0.4) is 0 Å². The van der Waals surface area contributed by atoms with Gasteiger partial charge < -0.3 is 14.8 Å². The first-order valence-corrected chi connectivity index (χ1v) is 7.34. The molecule has 0 spiro atoms. The summed E-state index contributed by atoms with van der Waals surface area (Å²) < 4.78 is 10.8. The van der Waals surface area contributed by atoms with Gasteiger partial charge in [0.05, 0.1) is 10.0 Å². The van der Waals surface area contributed by atoms with E-state index >= 15 is 0 Å². The number of hydrogen-bond acceptors (Lipinski definition) is 3. The van der Waals surface area contributed by atoms with Gasteiger partial charge in [0.1, 0.15) is 6.61 Å². The molecule has 19 heavy (non-hydrogen) atoms. The predicted molar refractivity (Wildman–Crippen MR) is 80.9 cm³/mol. The molecular weight excluding hydrogens is 309 g/mol. The number of ether oxygens (including phenoxy) is 2. The minimum atomic E-state index is 0.425. The van der Waals surface area contributed by atoms with Gasteiger partial charge in [-0.2, -0.15) is 0 Å². The Kier molecular flexibility index (Phi) is 8.58. The van der Waals surface area contributed by atoms with E-state index in [1.54, 1.807) is 12.1 Å². The van der Waals surface area contributed by atoms with E-state index in [9.17, 15) is 0 Å². The molecule has 0 aliphatic rings. The molecule has 1 rings (SSSR count). The fourth-order valence-electron chi connectivity index (χ4n) is 1.46. The number of benzene rings is 1. The van der Waals surface area contributed by atoms with Gasteiger partial charge in [-0.3, -0.25) is 0 Å². The Morgan fingerprint density at radius 3 is 2.37 bits per heavy atom. The van der Waals surface area contributed by atoms with E-state index in [4.69, 9.17) is 44.3 Å². The Morgan fingerprint density at radius 1 is 1.05 bits per heavy atom. The molecule has 0 saturated carbocycles. The van der Waals surface area contributed by atoms with E-state index in [0.717, 1.165) is 32.7 Å². The van der Waals surface area contributed by atoms with Gasteiger partial charge in [0, 0.05) is 24.8 Å². The van der Waals surface area contributed by atoms with Crippen LogP contribution in [0.5, 0.6) is 5.75 Å². The second kappa shape index (κ2) is 9.67. The minimum absolute atomic E-state index is 0.425. The van der Waals surface area contributed by atoms with Gasteiger partial charge in [-0.05, 0) is 32.0 Å². The van der Waals surface area contributed by atoms with Crippen LogP contribution in [0, 0.1) is 0 Å². The number of rotatable bonds is 9. The molecule has 1 aromatic carbocycles. The highest BCUT2D eigenvalue weighted by Crippen LogP contribution is 2.35. The summed E-state index contributed by atoms with van der Waals surface area (Å²) in [5.74, 6) is 0.476. The molecule has 108 valence electrons. The van der Waals surface area contributed by atoms with Crippen molar-refractivity contribution in [2.75, 3.05) is 32.9 Å². The molecule has 1 aromatic rings. The summed E-state index contributed by atoms with van der Waals surface area (Å²) in [6, 6.07) is 3.22. The van der Waals surface area contributed by atoms with Crippen molar-refractivity contribution in [1.82, 2.24) is 5.32 Å². The van der Waals surface area contributed by atoms with Crippen molar-refractivity contribution in [3.05, 3.63) is 27.2 Å². The van der Waals surface area contributed by atoms with Crippen LogP contribution in [0.4, 0.5) is 0 Å². The van der Waals surface area contributed by atoms with E-state index in [-0.39, 0.29) is 0 Å². The summed E-state index contributed by atoms with van der Waals surface area (Å²) in [5.41, 5.74) is 0. The minimum Gasteiger partial charge on any atom is -0.489 e. The molecule has 0 aliphatic heterocycles. The van der Waals surface area contributed by atoms with Crippen molar-refractivity contribution >= 4 is 34.8 Å². The number of hydrogen-bond donors (Lipinski definition) is 1. The monoisotopic (exact) mass is 325 g/mol. The van der Waals surface area contributed by atoms with Crippen LogP contribution < -0.4 is 10.1 Å². The zero-order valence-electron chi connectivity index (χ0n) is 10.8. The maximum Gasteiger partial charge on any atom is 0.156 e. The van der Waals surface area contributed by atoms with E-state index in [0.29, 0.717) is 27.4 Å². The maximum absolute atomic E-state index is 6.00. The lowest BCUT2D eigenvalue weighted by molar-refractivity contribution is 0.144. The van der Waals surface area contributed by atoms with Crippen LogP contribution in [0.1, 0.15) is 13.3 Å². The molecule has 1 N–H and O–H groups in total. The normalized spacial score (nSPS) is 10.7. The van der Waals surface area contributed by atoms with Gasteiger partial charge in [-0.25, -0.2) is 0 Å². The molecule has 0 radical (unpaired) electrons. The molecule has 0 amide bonds. The van der Waals surface area contributed by atoms with E-state index in [1.807, 2.05) is 6.92 Å². The third kappa shape index (κ3) is 6.68. The highest BCUT2D eigenvalue weighted by molar-refractivity contribution is 6.40. The summed E-state index contributed by atoms with van der Waals surface area (Å²) in [6.45, 7) is 5.64.